The summed E-state index contributed by atoms with van der Waals surface area (Å²) < 4.78 is 0. The van der Waals surface area contributed by atoms with Crippen molar-refractivity contribution in [2.45, 2.75) is 26.8 Å². The molecule has 0 aliphatic heterocycles. The molecule has 0 heterocycles. The van der Waals surface area contributed by atoms with Gasteiger partial charge in [-0.05, 0) is 5.41 Å². The smallest absolute Gasteiger partial charge is 0.217 e. The lowest BCUT2D eigenvalue weighted by molar-refractivity contribution is 0.368. The highest BCUT2D eigenvalue weighted by atomic mass is 16.1. The van der Waals surface area contributed by atoms with Crippen LogP contribution < -0.4 is 5.73 Å². The zero-order valence-electron chi connectivity index (χ0n) is 5.56. The third-order valence-corrected chi connectivity index (χ3v) is 1.06. The van der Waals surface area contributed by atoms with E-state index < -0.39 is 6.04 Å². The highest BCUT2D eigenvalue weighted by Gasteiger charge is 2.19. The second-order valence-corrected chi connectivity index (χ2v) is 2.96. The van der Waals surface area contributed by atoms with Gasteiger partial charge in [-0.3, -0.25) is 4.79 Å². The fourth-order valence-corrected chi connectivity index (χ4v) is 0.177. The van der Waals surface area contributed by atoms with Crippen LogP contribution in [0, 0.1) is 5.41 Å². The van der Waals surface area contributed by atoms with E-state index in [0.29, 0.717) is 0 Å². The van der Waals surface area contributed by atoms with Gasteiger partial charge in [0.2, 0.25) is 6.29 Å². The summed E-state index contributed by atoms with van der Waals surface area (Å²) in [5.74, 6) is 0. The van der Waals surface area contributed by atoms with Crippen LogP contribution in [0.1, 0.15) is 20.8 Å². The Hall–Kier alpha value is -0.370. The average Bonchev–Trinajstić information content (AvgIpc) is 1.62. The fourth-order valence-electron chi connectivity index (χ4n) is 0.177. The van der Waals surface area contributed by atoms with E-state index in [4.69, 9.17) is 5.73 Å². The van der Waals surface area contributed by atoms with E-state index in [9.17, 15) is 4.79 Å². The summed E-state index contributed by atoms with van der Waals surface area (Å²) in [4.78, 5) is 9.90. The molecule has 0 spiro atoms. The zero-order valence-corrected chi connectivity index (χ0v) is 5.56. The van der Waals surface area contributed by atoms with E-state index in [-0.39, 0.29) is 5.41 Å². The summed E-state index contributed by atoms with van der Waals surface area (Å²) in [5.41, 5.74) is 5.19. The Bertz CT molecular complexity index is 83.0. The van der Waals surface area contributed by atoms with Gasteiger partial charge in [-0.2, -0.15) is 0 Å². The molecule has 2 nitrogen and oxygen atoms in total. The number of rotatable bonds is 1. The molecule has 2 N–H and O–H groups in total. The van der Waals surface area contributed by atoms with Crippen LogP contribution in [-0.2, 0) is 4.79 Å². The summed E-state index contributed by atoms with van der Waals surface area (Å²) in [6, 6.07) is -0.456. The topological polar surface area (TPSA) is 43.1 Å². The van der Waals surface area contributed by atoms with E-state index in [1.165, 1.54) is 0 Å². The van der Waals surface area contributed by atoms with Gasteiger partial charge in [-0.25, -0.2) is 0 Å². The monoisotopic (exact) mass is 114 g/mol. The van der Waals surface area contributed by atoms with E-state index >= 15 is 0 Å². The lowest BCUT2D eigenvalue weighted by Crippen LogP contribution is -2.36. The standard InChI is InChI=1S/C6H12NO/c1-6(2,3)5(7)4-8/h5H,7H2,1-3H3/t5-/m1/s1. The molecule has 0 amide bonds. The lowest BCUT2D eigenvalue weighted by atomic mass is 9.89. The molecule has 0 saturated heterocycles. The lowest BCUT2D eigenvalue weighted by Gasteiger charge is -2.20. The molecule has 0 aromatic heterocycles. The van der Waals surface area contributed by atoms with E-state index in [0.717, 1.165) is 0 Å². The number of hydrogen-bond acceptors (Lipinski definition) is 2. The van der Waals surface area contributed by atoms with Crippen molar-refractivity contribution >= 4 is 6.29 Å². The van der Waals surface area contributed by atoms with Crippen molar-refractivity contribution in [3.8, 4) is 0 Å². The molecule has 0 aliphatic carbocycles. The van der Waals surface area contributed by atoms with E-state index in [1.54, 1.807) is 6.29 Å². The summed E-state index contributed by atoms with van der Waals surface area (Å²) in [7, 11) is 0. The van der Waals surface area contributed by atoms with Crippen LogP contribution in [0.3, 0.4) is 0 Å². The Morgan fingerprint density at radius 2 is 1.88 bits per heavy atom. The molecular formula is C6H12NO. The van der Waals surface area contributed by atoms with Gasteiger partial charge in [-0.15, -0.1) is 0 Å². The molecule has 1 radical (unpaired) electrons. The van der Waals surface area contributed by atoms with Gasteiger partial charge in [0.25, 0.3) is 0 Å². The second kappa shape index (κ2) is 2.27. The van der Waals surface area contributed by atoms with Crippen LogP contribution in [0.15, 0.2) is 0 Å². The average molecular weight is 114 g/mol. The van der Waals surface area contributed by atoms with Crippen molar-refractivity contribution in [2.75, 3.05) is 0 Å². The highest BCUT2D eigenvalue weighted by Crippen LogP contribution is 2.14. The molecule has 0 fully saturated rings. The van der Waals surface area contributed by atoms with Gasteiger partial charge < -0.3 is 5.73 Å². The maximum absolute atomic E-state index is 9.90. The first kappa shape index (κ1) is 7.63. The highest BCUT2D eigenvalue weighted by molar-refractivity contribution is 5.59. The van der Waals surface area contributed by atoms with Crippen molar-refractivity contribution in [1.29, 1.82) is 0 Å². The Morgan fingerprint density at radius 3 is 1.88 bits per heavy atom. The van der Waals surface area contributed by atoms with Crippen LogP contribution in [0.25, 0.3) is 0 Å². The van der Waals surface area contributed by atoms with Crippen molar-refractivity contribution in [3.05, 3.63) is 0 Å². The van der Waals surface area contributed by atoms with Crippen molar-refractivity contribution in [2.24, 2.45) is 11.1 Å². The molecule has 0 aromatic carbocycles. The molecule has 0 aliphatic rings. The minimum atomic E-state index is -0.456. The third-order valence-electron chi connectivity index (χ3n) is 1.06. The van der Waals surface area contributed by atoms with Gasteiger partial charge in [0.1, 0.15) is 0 Å². The predicted molar refractivity (Wildman–Crippen MR) is 33.1 cm³/mol. The molecule has 0 rings (SSSR count). The molecule has 1 atom stereocenters. The summed E-state index contributed by atoms with van der Waals surface area (Å²) >= 11 is 0. The first-order chi connectivity index (χ1) is 3.48. The normalized spacial score (nSPS) is 15.5. The van der Waals surface area contributed by atoms with Crippen molar-refractivity contribution < 1.29 is 4.79 Å². The van der Waals surface area contributed by atoms with Crippen molar-refractivity contribution in [3.63, 3.8) is 0 Å². The molecule has 0 bridgehead atoms. The van der Waals surface area contributed by atoms with Crippen molar-refractivity contribution in [1.82, 2.24) is 0 Å². The first-order valence-corrected chi connectivity index (χ1v) is 2.61. The summed E-state index contributed by atoms with van der Waals surface area (Å²) in [6.45, 7) is 5.72. The Balaban J connectivity index is 3.80. The largest absolute Gasteiger partial charge is 0.321 e. The zero-order chi connectivity index (χ0) is 6.78. The number of hydrogen-bond donors (Lipinski definition) is 1. The van der Waals surface area contributed by atoms with Crippen LogP contribution >= 0.6 is 0 Å². The summed E-state index contributed by atoms with van der Waals surface area (Å²) in [5, 5.41) is 0. The van der Waals surface area contributed by atoms with Crippen LogP contribution in [0.4, 0.5) is 0 Å². The van der Waals surface area contributed by atoms with E-state index in [1.807, 2.05) is 20.8 Å². The second-order valence-electron chi connectivity index (χ2n) is 2.96. The van der Waals surface area contributed by atoms with Gasteiger partial charge >= 0.3 is 0 Å². The van der Waals surface area contributed by atoms with Crippen LogP contribution in [0.2, 0.25) is 0 Å². The molecule has 0 aromatic rings. The molecule has 0 unspecified atom stereocenters. The Kier molecular flexibility index (Phi) is 2.16. The van der Waals surface area contributed by atoms with Crippen LogP contribution in [-0.4, -0.2) is 12.3 Å². The SMILES string of the molecule is CC(C)(C)[C@H](N)[C]=O. The molecule has 2 heteroatoms. The molecule has 47 valence electrons. The molecule has 8 heavy (non-hydrogen) atoms. The summed E-state index contributed by atoms with van der Waals surface area (Å²) in [6.07, 6.45) is 1.73. The minimum Gasteiger partial charge on any atom is -0.321 e. The Morgan fingerprint density at radius 1 is 1.50 bits per heavy atom. The molecule has 0 saturated carbocycles. The van der Waals surface area contributed by atoms with Gasteiger partial charge in [0, 0.05) is 0 Å². The maximum Gasteiger partial charge on any atom is 0.217 e. The Labute approximate surface area is 50.1 Å². The quantitative estimate of drug-likeness (QED) is 0.538. The van der Waals surface area contributed by atoms with Crippen LogP contribution in [0.5, 0.6) is 0 Å². The van der Waals surface area contributed by atoms with Gasteiger partial charge in [0.05, 0.1) is 6.04 Å². The maximum atomic E-state index is 9.90. The predicted octanol–water partition coefficient (Wildman–Crippen LogP) is 0.470. The van der Waals surface area contributed by atoms with E-state index in [2.05, 4.69) is 0 Å². The first-order valence-electron chi connectivity index (χ1n) is 2.61. The fraction of sp³-hybridized carbons (Fsp3) is 0.833. The number of carbonyl (C=O) groups excluding carboxylic acids is 1. The minimum absolute atomic E-state index is 0.137. The van der Waals surface area contributed by atoms with Gasteiger partial charge in [-0.1, -0.05) is 20.8 Å². The van der Waals surface area contributed by atoms with Gasteiger partial charge in [0.15, 0.2) is 0 Å². The number of nitrogens with two attached hydrogens (primary N) is 1. The molecular weight excluding hydrogens is 102 g/mol. The third kappa shape index (κ3) is 2.07.